The zero-order chi connectivity index (χ0) is 9.80. The molecule has 1 aromatic heterocycles. The smallest absolute Gasteiger partial charge is 0.0312 e. The lowest BCUT2D eigenvalue weighted by atomic mass is 10.2. The minimum absolute atomic E-state index is 0.840. The lowest BCUT2D eigenvalue weighted by Gasteiger charge is -2.14. The number of halogens is 1. The summed E-state index contributed by atoms with van der Waals surface area (Å²) in [6, 6.07) is 4.15. The van der Waals surface area contributed by atoms with E-state index >= 15 is 0 Å². The summed E-state index contributed by atoms with van der Waals surface area (Å²) in [5.74, 6) is 0.840. The van der Waals surface area contributed by atoms with Crippen LogP contribution in [0.4, 0.5) is 0 Å². The molecule has 76 valence electrons. The van der Waals surface area contributed by atoms with Gasteiger partial charge in [0.2, 0.25) is 0 Å². The second kappa shape index (κ2) is 4.89. The SMILES string of the molecule is BrCC1CCN(Cc2cccnc2)C1. The molecule has 0 spiro atoms. The van der Waals surface area contributed by atoms with Gasteiger partial charge in [0, 0.05) is 30.8 Å². The molecule has 0 aliphatic carbocycles. The average Bonchev–Trinajstić information content (AvgIpc) is 2.67. The molecule has 1 atom stereocenters. The highest BCUT2D eigenvalue weighted by Gasteiger charge is 2.20. The normalized spacial score (nSPS) is 22.8. The molecule has 0 amide bonds. The Morgan fingerprint density at radius 3 is 3.14 bits per heavy atom. The van der Waals surface area contributed by atoms with E-state index in [0.29, 0.717) is 0 Å². The van der Waals surface area contributed by atoms with E-state index in [2.05, 4.69) is 31.9 Å². The van der Waals surface area contributed by atoms with Crippen molar-refractivity contribution in [3.05, 3.63) is 30.1 Å². The predicted molar refractivity (Wildman–Crippen MR) is 61.4 cm³/mol. The minimum Gasteiger partial charge on any atom is -0.299 e. The Labute approximate surface area is 93.5 Å². The summed E-state index contributed by atoms with van der Waals surface area (Å²) in [7, 11) is 0. The third-order valence-electron chi connectivity index (χ3n) is 2.72. The van der Waals surface area contributed by atoms with Crippen LogP contribution in [0, 0.1) is 5.92 Å². The fraction of sp³-hybridized carbons (Fsp3) is 0.545. The minimum atomic E-state index is 0.840. The van der Waals surface area contributed by atoms with Crippen molar-refractivity contribution in [2.75, 3.05) is 18.4 Å². The topological polar surface area (TPSA) is 16.1 Å². The lowest BCUT2D eigenvalue weighted by Crippen LogP contribution is -2.20. The first-order valence-corrected chi connectivity index (χ1v) is 6.18. The molecule has 0 radical (unpaired) electrons. The maximum absolute atomic E-state index is 4.13. The van der Waals surface area contributed by atoms with Crippen LogP contribution >= 0.6 is 15.9 Å². The highest BCUT2D eigenvalue weighted by atomic mass is 79.9. The fourth-order valence-electron chi connectivity index (χ4n) is 1.93. The first kappa shape index (κ1) is 10.1. The van der Waals surface area contributed by atoms with Crippen LogP contribution in [0.3, 0.4) is 0 Å². The van der Waals surface area contributed by atoms with E-state index < -0.39 is 0 Å². The summed E-state index contributed by atoms with van der Waals surface area (Å²) in [6.45, 7) is 3.50. The van der Waals surface area contributed by atoms with Crippen molar-refractivity contribution < 1.29 is 0 Å². The summed E-state index contributed by atoms with van der Waals surface area (Å²) in [6.07, 6.45) is 5.11. The Bertz CT molecular complexity index is 276. The predicted octanol–water partition coefficient (Wildman–Crippen LogP) is 2.30. The van der Waals surface area contributed by atoms with Crippen molar-refractivity contribution >= 4 is 15.9 Å². The molecule has 0 saturated carbocycles. The Morgan fingerprint density at radius 1 is 1.57 bits per heavy atom. The van der Waals surface area contributed by atoms with E-state index in [4.69, 9.17) is 0 Å². The van der Waals surface area contributed by atoms with Crippen molar-refractivity contribution in [3.8, 4) is 0 Å². The van der Waals surface area contributed by atoms with Crippen LogP contribution in [0.2, 0.25) is 0 Å². The molecule has 1 aliphatic heterocycles. The van der Waals surface area contributed by atoms with Gasteiger partial charge in [-0.1, -0.05) is 22.0 Å². The van der Waals surface area contributed by atoms with Crippen molar-refractivity contribution in [3.63, 3.8) is 0 Å². The molecule has 2 heterocycles. The van der Waals surface area contributed by atoms with Gasteiger partial charge in [-0.2, -0.15) is 0 Å². The number of hydrogen-bond donors (Lipinski definition) is 0. The van der Waals surface area contributed by atoms with E-state index in [1.807, 2.05) is 18.5 Å². The Morgan fingerprint density at radius 2 is 2.50 bits per heavy atom. The highest BCUT2D eigenvalue weighted by molar-refractivity contribution is 9.09. The van der Waals surface area contributed by atoms with Crippen molar-refractivity contribution in [1.82, 2.24) is 9.88 Å². The highest BCUT2D eigenvalue weighted by Crippen LogP contribution is 2.19. The van der Waals surface area contributed by atoms with Crippen LogP contribution in [0.15, 0.2) is 24.5 Å². The number of rotatable bonds is 3. The Kier molecular flexibility index (Phi) is 3.54. The first-order valence-electron chi connectivity index (χ1n) is 5.05. The second-order valence-corrected chi connectivity index (χ2v) is 4.55. The third kappa shape index (κ3) is 2.55. The Balaban J connectivity index is 1.88. The van der Waals surface area contributed by atoms with Gasteiger partial charge in [0.1, 0.15) is 0 Å². The summed E-state index contributed by atoms with van der Waals surface area (Å²) in [5.41, 5.74) is 1.32. The molecule has 0 aromatic carbocycles. The summed E-state index contributed by atoms with van der Waals surface area (Å²) in [5, 5.41) is 1.14. The molecule has 1 aromatic rings. The molecule has 14 heavy (non-hydrogen) atoms. The second-order valence-electron chi connectivity index (χ2n) is 3.91. The van der Waals surface area contributed by atoms with Crippen LogP contribution in [-0.4, -0.2) is 28.3 Å². The first-order chi connectivity index (χ1) is 6.88. The summed E-state index contributed by atoms with van der Waals surface area (Å²) < 4.78 is 0. The van der Waals surface area contributed by atoms with Crippen LogP contribution in [0.25, 0.3) is 0 Å². The van der Waals surface area contributed by atoms with E-state index in [1.165, 1.54) is 25.1 Å². The molecule has 0 bridgehead atoms. The van der Waals surface area contributed by atoms with Gasteiger partial charge in [0.05, 0.1) is 0 Å². The standard InChI is InChI=1S/C11H15BrN2/c12-6-10-3-5-14(8-10)9-11-2-1-4-13-7-11/h1-2,4,7,10H,3,5-6,8-9H2. The number of likely N-dealkylation sites (tertiary alicyclic amines) is 1. The largest absolute Gasteiger partial charge is 0.299 e. The number of pyridine rings is 1. The average molecular weight is 255 g/mol. The summed E-state index contributed by atoms with van der Waals surface area (Å²) in [4.78, 5) is 6.63. The number of nitrogens with zero attached hydrogens (tertiary/aromatic N) is 2. The van der Waals surface area contributed by atoms with E-state index in [0.717, 1.165) is 17.8 Å². The zero-order valence-corrected chi connectivity index (χ0v) is 9.78. The summed E-state index contributed by atoms with van der Waals surface area (Å²) >= 11 is 3.55. The van der Waals surface area contributed by atoms with Crippen LogP contribution in [0.5, 0.6) is 0 Å². The van der Waals surface area contributed by atoms with Crippen molar-refractivity contribution in [1.29, 1.82) is 0 Å². The molecular weight excluding hydrogens is 240 g/mol. The van der Waals surface area contributed by atoms with Gasteiger partial charge >= 0.3 is 0 Å². The van der Waals surface area contributed by atoms with Gasteiger partial charge in [-0.25, -0.2) is 0 Å². The molecule has 1 fully saturated rings. The van der Waals surface area contributed by atoms with Crippen LogP contribution < -0.4 is 0 Å². The van der Waals surface area contributed by atoms with E-state index in [1.54, 1.807) is 0 Å². The lowest BCUT2D eigenvalue weighted by molar-refractivity contribution is 0.321. The van der Waals surface area contributed by atoms with Gasteiger partial charge < -0.3 is 0 Å². The molecule has 3 heteroatoms. The maximum Gasteiger partial charge on any atom is 0.0312 e. The number of alkyl halides is 1. The fourth-order valence-corrected chi connectivity index (χ4v) is 2.46. The quantitative estimate of drug-likeness (QED) is 0.770. The number of hydrogen-bond acceptors (Lipinski definition) is 2. The van der Waals surface area contributed by atoms with Gasteiger partial charge in [0.25, 0.3) is 0 Å². The maximum atomic E-state index is 4.13. The van der Waals surface area contributed by atoms with Crippen molar-refractivity contribution in [2.45, 2.75) is 13.0 Å². The van der Waals surface area contributed by atoms with Gasteiger partial charge in [0.15, 0.2) is 0 Å². The van der Waals surface area contributed by atoms with E-state index in [-0.39, 0.29) is 0 Å². The monoisotopic (exact) mass is 254 g/mol. The van der Waals surface area contributed by atoms with Crippen LogP contribution in [-0.2, 0) is 6.54 Å². The molecule has 1 unspecified atom stereocenters. The number of aromatic nitrogens is 1. The Hall–Kier alpha value is -0.410. The molecule has 0 N–H and O–H groups in total. The molecule has 1 aliphatic rings. The molecule has 1 saturated heterocycles. The van der Waals surface area contributed by atoms with Gasteiger partial charge in [-0.15, -0.1) is 0 Å². The van der Waals surface area contributed by atoms with E-state index in [9.17, 15) is 0 Å². The molecule has 2 nitrogen and oxygen atoms in total. The molecule has 2 rings (SSSR count). The zero-order valence-electron chi connectivity index (χ0n) is 8.19. The van der Waals surface area contributed by atoms with Gasteiger partial charge in [-0.05, 0) is 30.5 Å². The molecular formula is C11H15BrN2. The van der Waals surface area contributed by atoms with Crippen LogP contribution in [0.1, 0.15) is 12.0 Å². The van der Waals surface area contributed by atoms with Gasteiger partial charge in [-0.3, -0.25) is 9.88 Å². The third-order valence-corrected chi connectivity index (χ3v) is 3.63. The van der Waals surface area contributed by atoms with Crippen molar-refractivity contribution in [2.24, 2.45) is 5.92 Å².